The van der Waals surface area contributed by atoms with Crippen molar-refractivity contribution >= 4 is 29.7 Å². The van der Waals surface area contributed by atoms with Crippen molar-refractivity contribution in [1.29, 1.82) is 0 Å². The summed E-state index contributed by atoms with van der Waals surface area (Å²) in [7, 11) is 0. The summed E-state index contributed by atoms with van der Waals surface area (Å²) in [5.74, 6) is -0.639. The SMILES string of the molecule is CC(C)C(NC(=O)OCC1c2ccccc2-c2ccccc21)C(C)(C)C(=O)NCCSCC(=O)O. The molecule has 0 spiro atoms. The lowest BCUT2D eigenvalue weighted by molar-refractivity contribution is -0.134. The van der Waals surface area contributed by atoms with Gasteiger partial charge in [0.25, 0.3) is 0 Å². The van der Waals surface area contributed by atoms with E-state index in [0.29, 0.717) is 12.3 Å². The highest BCUT2D eigenvalue weighted by Gasteiger charge is 2.40. The summed E-state index contributed by atoms with van der Waals surface area (Å²) in [5.41, 5.74) is 3.72. The molecule has 1 atom stereocenters. The van der Waals surface area contributed by atoms with Gasteiger partial charge < -0.3 is 20.5 Å². The highest BCUT2D eigenvalue weighted by Crippen LogP contribution is 2.44. The van der Waals surface area contributed by atoms with Crippen molar-refractivity contribution in [1.82, 2.24) is 10.6 Å². The lowest BCUT2D eigenvalue weighted by atomic mass is 9.77. The molecule has 8 heteroatoms. The zero-order chi connectivity index (χ0) is 25.6. The van der Waals surface area contributed by atoms with Gasteiger partial charge in [0.1, 0.15) is 6.61 Å². The van der Waals surface area contributed by atoms with Gasteiger partial charge in [-0.25, -0.2) is 4.79 Å². The smallest absolute Gasteiger partial charge is 0.407 e. The van der Waals surface area contributed by atoms with Crippen LogP contribution in [0.5, 0.6) is 0 Å². The number of rotatable bonds is 11. The first kappa shape index (κ1) is 26.6. The number of carboxylic acid groups (broad SMARTS) is 1. The third-order valence-corrected chi connectivity index (χ3v) is 7.35. The van der Waals surface area contributed by atoms with Crippen LogP contribution >= 0.6 is 11.8 Å². The van der Waals surface area contributed by atoms with E-state index in [1.807, 2.05) is 38.1 Å². The van der Waals surface area contributed by atoms with Gasteiger partial charge >= 0.3 is 12.1 Å². The first-order chi connectivity index (χ1) is 16.6. The number of amides is 2. The molecule has 0 heterocycles. The fourth-order valence-corrected chi connectivity index (χ4v) is 5.28. The standard InChI is InChI=1S/C27H34N2O5S/c1-17(2)24(27(3,4)25(32)28-13-14-35-16-23(30)31)29-26(33)34-15-22-20-11-7-5-9-18(20)19-10-6-8-12-21(19)22/h5-12,17,22,24H,13-16H2,1-4H3,(H,28,32)(H,29,33)(H,30,31). The van der Waals surface area contributed by atoms with Gasteiger partial charge in [-0.3, -0.25) is 9.59 Å². The number of benzene rings is 2. The van der Waals surface area contributed by atoms with E-state index in [1.165, 1.54) is 11.8 Å². The van der Waals surface area contributed by atoms with E-state index >= 15 is 0 Å². The van der Waals surface area contributed by atoms with Gasteiger partial charge in [-0.1, -0.05) is 62.4 Å². The van der Waals surface area contributed by atoms with Crippen LogP contribution < -0.4 is 10.6 Å². The summed E-state index contributed by atoms with van der Waals surface area (Å²) in [4.78, 5) is 36.4. The first-order valence-corrected chi connectivity index (χ1v) is 13.0. The van der Waals surface area contributed by atoms with Crippen LogP contribution in [0.3, 0.4) is 0 Å². The average molecular weight is 499 g/mol. The number of carbonyl (C=O) groups is 3. The lowest BCUT2D eigenvalue weighted by Crippen LogP contribution is -2.55. The van der Waals surface area contributed by atoms with Gasteiger partial charge in [0.05, 0.1) is 11.2 Å². The van der Waals surface area contributed by atoms with E-state index in [0.717, 1.165) is 22.3 Å². The third-order valence-electron chi connectivity index (χ3n) is 6.40. The molecule has 0 aliphatic heterocycles. The van der Waals surface area contributed by atoms with Gasteiger partial charge in [-0.2, -0.15) is 0 Å². The molecule has 0 aromatic heterocycles. The zero-order valence-corrected chi connectivity index (χ0v) is 21.5. The van der Waals surface area contributed by atoms with E-state index in [4.69, 9.17) is 9.84 Å². The average Bonchev–Trinajstić information content (AvgIpc) is 3.14. The van der Waals surface area contributed by atoms with Crippen LogP contribution in [0.1, 0.15) is 44.7 Å². The molecule has 0 fully saturated rings. The number of carbonyl (C=O) groups excluding carboxylic acids is 2. The maximum atomic E-state index is 12.9. The van der Waals surface area contributed by atoms with E-state index in [9.17, 15) is 14.4 Å². The Morgan fingerprint density at radius 3 is 2.14 bits per heavy atom. The minimum absolute atomic E-state index is 0.00276. The van der Waals surface area contributed by atoms with E-state index in [-0.39, 0.29) is 30.1 Å². The summed E-state index contributed by atoms with van der Waals surface area (Å²) in [6, 6.07) is 15.9. The molecule has 1 aliphatic carbocycles. The maximum Gasteiger partial charge on any atom is 0.407 e. The predicted octanol–water partition coefficient (Wildman–Crippen LogP) is 4.51. The number of aliphatic carboxylic acids is 1. The Kier molecular flexibility index (Phi) is 8.83. The Hall–Kier alpha value is -3.00. The molecule has 0 saturated heterocycles. The molecule has 0 saturated carbocycles. The molecule has 0 radical (unpaired) electrons. The fraction of sp³-hybridized carbons (Fsp3) is 0.444. The van der Waals surface area contributed by atoms with E-state index in [1.54, 1.807) is 13.8 Å². The van der Waals surface area contributed by atoms with Crippen molar-refractivity contribution in [2.45, 2.75) is 39.7 Å². The highest BCUT2D eigenvalue weighted by molar-refractivity contribution is 7.99. The molecule has 0 bridgehead atoms. The van der Waals surface area contributed by atoms with Gasteiger partial charge in [-0.15, -0.1) is 11.8 Å². The zero-order valence-electron chi connectivity index (χ0n) is 20.7. The summed E-state index contributed by atoms with van der Waals surface area (Å²) in [6.07, 6.45) is -0.552. The Labute approximate surface area is 211 Å². The Morgan fingerprint density at radius 1 is 1.03 bits per heavy atom. The quantitative estimate of drug-likeness (QED) is 0.394. The van der Waals surface area contributed by atoms with Crippen molar-refractivity contribution in [3.63, 3.8) is 0 Å². The van der Waals surface area contributed by atoms with Gasteiger partial charge in [-0.05, 0) is 42.0 Å². The van der Waals surface area contributed by atoms with Crippen LogP contribution in [0.4, 0.5) is 4.79 Å². The Bertz CT molecular complexity index is 1020. The second-order valence-electron chi connectivity index (χ2n) is 9.62. The predicted molar refractivity (Wildman–Crippen MR) is 139 cm³/mol. The maximum absolute atomic E-state index is 12.9. The third kappa shape index (κ3) is 6.36. The number of carboxylic acids is 1. The van der Waals surface area contributed by atoms with Crippen molar-refractivity contribution in [2.24, 2.45) is 11.3 Å². The van der Waals surface area contributed by atoms with Gasteiger partial charge in [0.15, 0.2) is 0 Å². The Balaban J connectivity index is 1.60. The van der Waals surface area contributed by atoms with Crippen LogP contribution in [0.15, 0.2) is 48.5 Å². The number of fused-ring (bicyclic) bond motifs is 3. The molecular formula is C27H34N2O5S. The highest BCUT2D eigenvalue weighted by atomic mass is 32.2. The fourth-order valence-electron chi connectivity index (χ4n) is 4.71. The lowest BCUT2D eigenvalue weighted by Gasteiger charge is -2.36. The van der Waals surface area contributed by atoms with Gasteiger partial charge in [0, 0.05) is 24.3 Å². The number of ether oxygens (including phenoxy) is 1. The molecule has 188 valence electrons. The first-order valence-electron chi connectivity index (χ1n) is 11.8. The van der Waals surface area contributed by atoms with Crippen molar-refractivity contribution in [2.75, 3.05) is 24.7 Å². The second-order valence-corrected chi connectivity index (χ2v) is 10.7. The molecule has 1 unspecified atom stereocenters. The number of nitrogens with one attached hydrogen (secondary N) is 2. The summed E-state index contributed by atoms with van der Waals surface area (Å²) in [6.45, 7) is 8.05. The molecule has 2 aromatic rings. The van der Waals surface area contributed by atoms with E-state index < -0.39 is 23.5 Å². The topological polar surface area (TPSA) is 105 Å². The number of thioether (sulfide) groups is 1. The Morgan fingerprint density at radius 2 is 1.60 bits per heavy atom. The van der Waals surface area contributed by atoms with Crippen LogP contribution in [-0.4, -0.2) is 53.8 Å². The van der Waals surface area contributed by atoms with Crippen LogP contribution in [0, 0.1) is 11.3 Å². The molecule has 2 aromatic carbocycles. The van der Waals surface area contributed by atoms with Crippen LogP contribution in [0.25, 0.3) is 11.1 Å². The molecule has 1 aliphatic rings. The van der Waals surface area contributed by atoms with Crippen LogP contribution in [0.2, 0.25) is 0 Å². The number of hydrogen-bond donors (Lipinski definition) is 3. The summed E-state index contributed by atoms with van der Waals surface area (Å²) >= 11 is 1.24. The molecular weight excluding hydrogens is 464 g/mol. The summed E-state index contributed by atoms with van der Waals surface area (Å²) < 4.78 is 5.69. The van der Waals surface area contributed by atoms with Gasteiger partial charge in [0.2, 0.25) is 5.91 Å². The van der Waals surface area contributed by atoms with Crippen molar-refractivity contribution in [3.05, 3.63) is 59.7 Å². The molecule has 2 amide bonds. The molecule has 7 nitrogen and oxygen atoms in total. The van der Waals surface area contributed by atoms with Crippen LogP contribution in [-0.2, 0) is 14.3 Å². The monoisotopic (exact) mass is 498 g/mol. The number of alkyl carbamates (subject to hydrolysis) is 1. The summed E-state index contributed by atoms with van der Waals surface area (Å²) in [5, 5.41) is 14.5. The minimum Gasteiger partial charge on any atom is -0.481 e. The molecule has 35 heavy (non-hydrogen) atoms. The normalized spacial score (nSPS) is 13.6. The van der Waals surface area contributed by atoms with Crippen molar-refractivity contribution in [3.8, 4) is 11.1 Å². The molecule has 3 N–H and O–H groups in total. The minimum atomic E-state index is -0.892. The van der Waals surface area contributed by atoms with E-state index in [2.05, 4.69) is 34.9 Å². The number of hydrogen-bond acceptors (Lipinski definition) is 5. The second kappa shape index (κ2) is 11.6. The van der Waals surface area contributed by atoms with Crippen molar-refractivity contribution < 1.29 is 24.2 Å². The largest absolute Gasteiger partial charge is 0.481 e. The molecule has 3 rings (SSSR count).